The van der Waals surface area contributed by atoms with Crippen molar-refractivity contribution < 1.29 is 0 Å². The van der Waals surface area contributed by atoms with Crippen LogP contribution in [0.5, 0.6) is 0 Å². The maximum atomic E-state index is 5.13. The summed E-state index contributed by atoms with van der Waals surface area (Å²) < 4.78 is 2.24. The lowest BCUT2D eigenvalue weighted by Gasteiger charge is -2.20. The minimum atomic E-state index is 0.751. The summed E-state index contributed by atoms with van der Waals surface area (Å²) in [6.45, 7) is 4.07. The Morgan fingerprint density at radius 2 is 1.07 bits per heavy atom. The summed E-state index contributed by atoms with van der Waals surface area (Å²) in [6, 6.07) is 65.7. The molecule has 0 fully saturated rings. The fourth-order valence-corrected chi connectivity index (χ4v) is 8.53. The zero-order valence-corrected chi connectivity index (χ0v) is 30.9. The van der Waals surface area contributed by atoms with E-state index >= 15 is 0 Å². The van der Waals surface area contributed by atoms with E-state index in [0.29, 0.717) is 0 Å². The van der Waals surface area contributed by atoms with E-state index in [1.165, 1.54) is 70.9 Å². The van der Waals surface area contributed by atoms with Crippen molar-refractivity contribution in [3.8, 4) is 27.9 Å². The Morgan fingerprint density at radius 3 is 1.75 bits per heavy atom. The molecule has 0 saturated heterocycles. The lowest BCUT2D eigenvalue weighted by molar-refractivity contribution is 1.06. The Hall–Kier alpha value is -7.29. The van der Waals surface area contributed by atoms with E-state index in [0.717, 1.165) is 34.5 Å². The summed E-state index contributed by atoms with van der Waals surface area (Å²) in [5.74, 6) is 0.886. The van der Waals surface area contributed by atoms with Crippen molar-refractivity contribution in [1.82, 2.24) is 9.55 Å². The Morgan fingerprint density at radius 1 is 0.518 bits per heavy atom. The molecule has 0 spiro atoms. The third-order valence-corrected chi connectivity index (χ3v) is 11.0. The number of allylic oxidation sites excluding steroid dienone is 5. The summed E-state index contributed by atoms with van der Waals surface area (Å²) in [5, 5.41) is 10.0. The highest BCUT2D eigenvalue weighted by atomic mass is 15.1. The summed E-state index contributed by atoms with van der Waals surface area (Å²) in [4.78, 5) is 5.13. The number of benzene rings is 9. The molecule has 0 amide bonds. The molecular formula is C54H38N2. The third kappa shape index (κ3) is 5.71. The normalized spacial score (nSPS) is 12.1. The third-order valence-electron chi connectivity index (χ3n) is 11.0. The predicted molar refractivity (Wildman–Crippen MR) is 239 cm³/mol. The molecule has 10 rings (SSSR count). The van der Waals surface area contributed by atoms with Crippen LogP contribution < -0.4 is 0 Å². The molecule has 56 heavy (non-hydrogen) atoms. The topological polar surface area (TPSA) is 17.8 Å². The number of rotatable bonds is 8. The molecule has 0 saturated carbocycles. The van der Waals surface area contributed by atoms with Crippen LogP contribution in [0.3, 0.4) is 0 Å². The van der Waals surface area contributed by atoms with Gasteiger partial charge >= 0.3 is 0 Å². The van der Waals surface area contributed by atoms with Gasteiger partial charge < -0.3 is 0 Å². The van der Waals surface area contributed by atoms with E-state index < -0.39 is 0 Å². The van der Waals surface area contributed by atoms with E-state index in [1.54, 1.807) is 0 Å². The van der Waals surface area contributed by atoms with Crippen molar-refractivity contribution in [2.24, 2.45) is 0 Å². The molecule has 2 nitrogen and oxygen atoms in total. The van der Waals surface area contributed by atoms with Crippen molar-refractivity contribution in [2.45, 2.75) is 6.42 Å². The first kappa shape index (κ1) is 33.3. The smallest absolute Gasteiger partial charge is 0.145 e. The van der Waals surface area contributed by atoms with Crippen LogP contribution in [0.2, 0.25) is 0 Å². The van der Waals surface area contributed by atoms with Gasteiger partial charge in [0.1, 0.15) is 5.82 Å². The highest BCUT2D eigenvalue weighted by molar-refractivity contribution is 6.25. The van der Waals surface area contributed by atoms with Crippen molar-refractivity contribution >= 4 is 59.7 Å². The number of hydrogen-bond acceptors (Lipinski definition) is 1. The zero-order valence-electron chi connectivity index (χ0n) is 30.9. The van der Waals surface area contributed by atoms with Crippen LogP contribution in [0.1, 0.15) is 11.4 Å². The monoisotopic (exact) mass is 714 g/mol. The van der Waals surface area contributed by atoms with E-state index in [1.807, 2.05) is 18.2 Å². The molecule has 1 heterocycles. The fourth-order valence-electron chi connectivity index (χ4n) is 8.53. The number of hydrogen-bond donors (Lipinski definition) is 0. The first-order valence-corrected chi connectivity index (χ1v) is 19.2. The molecule has 0 aliphatic heterocycles. The van der Waals surface area contributed by atoms with Gasteiger partial charge in [-0.1, -0.05) is 189 Å². The van der Waals surface area contributed by atoms with E-state index in [9.17, 15) is 0 Å². The fraction of sp³-hybridized carbons (Fsp3) is 0.0185. The summed E-state index contributed by atoms with van der Waals surface area (Å²) in [5.41, 5.74) is 10.4. The van der Waals surface area contributed by atoms with Crippen LogP contribution in [0.4, 0.5) is 0 Å². The van der Waals surface area contributed by atoms with Crippen LogP contribution in [0, 0.1) is 0 Å². The quantitative estimate of drug-likeness (QED) is 0.113. The van der Waals surface area contributed by atoms with Crippen LogP contribution in [-0.4, -0.2) is 9.55 Å². The van der Waals surface area contributed by atoms with Gasteiger partial charge in [0.05, 0.1) is 11.0 Å². The second-order valence-corrected chi connectivity index (χ2v) is 14.3. The Kier molecular flexibility index (Phi) is 8.42. The maximum Gasteiger partial charge on any atom is 0.145 e. The van der Waals surface area contributed by atoms with Crippen molar-refractivity contribution in [3.63, 3.8) is 0 Å². The van der Waals surface area contributed by atoms with Crippen LogP contribution >= 0.6 is 0 Å². The molecule has 10 aromatic rings. The molecule has 0 aliphatic rings. The summed E-state index contributed by atoms with van der Waals surface area (Å²) in [6.07, 6.45) is 9.11. The van der Waals surface area contributed by atoms with Crippen LogP contribution in [0.15, 0.2) is 213 Å². The second-order valence-electron chi connectivity index (χ2n) is 14.3. The average Bonchev–Trinajstić information content (AvgIpc) is 3.65. The van der Waals surface area contributed by atoms with Crippen molar-refractivity contribution in [2.75, 3.05) is 0 Å². The Balaban J connectivity index is 1.16. The minimum Gasteiger partial charge on any atom is -0.292 e. The Labute approximate surface area is 326 Å². The highest BCUT2D eigenvalue weighted by Gasteiger charge is 2.20. The molecule has 0 radical (unpaired) electrons. The number of nitrogens with zero attached hydrogens (tertiary/aromatic N) is 2. The first-order chi connectivity index (χ1) is 27.8. The van der Waals surface area contributed by atoms with E-state index in [4.69, 9.17) is 4.98 Å². The van der Waals surface area contributed by atoms with Crippen LogP contribution in [-0.2, 0) is 6.42 Å². The van der Waals surface area contributed by atoms with Gasteiger partial charge in [-0.15, -0.1) is 0 Å². The lowest BCUT2D eigenvalue weighted by atomic mass is 9.83. The molecule has 2 heteroatoms. The maximum absolute atomic E-state index is 5.13. The Bertz CT molecular complexity index is 3170. The number of fused-ring (bicyclic) bond motifs is 5. The first-order valence-electron chi connectivity index (χ1n) is 19.2. The van der Waals surface area contributed by atoms with Gasteiger partial charge in [0, 0.05) is 11.3 Å². The van der Waals surface area contributed by atoms with Crippen molar-refractivity contribution in [1.29, 1.82) is 0 Å². The minimum absolute atomic E-state index is 0.751. The van der Waals surface area contributed by atoms with Gasteiger partial charge in [-0.25, -0.2) is 4.98 Å². The van der Waals surface area contributed by atoms with Crippen molar-refractivity contribution in [3.05, 3.63) is 224 Å². The molecule has 0 unspecified atom stereocenters. The standard InChI is InChI=1S/C54H38N2/c1-2-17-40(54-55-50-32-12-13-33-51(50)56(54)41-24-4-3-5-25-41)23-14-18-37-34-35-48-49(36-37)53(45-31-16-22-39-20-7-9-27-43(39)45)47-29-11-10-28-46(47)52(48)44-30-15-21-38-19-6-8-26-42(38)44/h2-17,19-36H,1,18H2/b23-14-,40-17+. The zero-order chi connectivity index (χ0) is 37.4. The number of imidazole rings is 1. The van der Waals surface area contributed by atoms with Gasteiger partial charge in [-0.05, 0) is 102 Å². The predicted octanol–water partition coefficient (Wildman–Crippen LogP) is 14.3. The SMILES string of the molecule is C=C/C=C(\C=C/Cc1ccc2c(-c3cccc4ccccc34)c3ccccc3c(-c3cccc4ccccc34)c2c1)c1nc2ccccc2n1-c1ccccc1. The molecule has 0 atom stereocenters. The highest BCUT2D eigenvalue weighted by Crippen LogP contribution is 2.47. The molecule has 264 valence electrons. The molecule has 0 N–H and O–H groups in total. The van der Waals surface area contributed by atoms with E-state index in [-0.39, 0.29) is 0 Å². The molecular weight excluding hydrogens is 677 g/mol. The van der Waals surface area contributed by atoms with Gasteiger partial charge in [-0.2, -0.15) is 0 Å². The van der Waals surface area contributed by atoms with Gasteiger partial charge in [0.15, 0.2) is 0 Å². The van der Waals surface area contributed by atoms with Gasteiger partial charge in [0.25, 0.3) is 0 Å². The number of aromatic nitrogens is 2. The second kappa shape index (κ2) is 14.2. The van der Waals surface area contributed by atoms with Crippen LogP contribution in [0.25, 0.3) is 87.6 Å². The lowest BCUT2D eigenvalue weighted by Crippen LogP contribution is -2.00. The average molecular weight is 715 g/mol. The van der Waals surface area contributed by atoms with Gasteiger partial charge in [0.2, 0.25) is 0 Å². The van der Waals surface area contributed by atoms with E-state index in [2.05, 4.69) is 199 Å². The van der Waals surface area contributed by atoms with Gasteiger partial charge in [-0.3, -0.25) is 4.57 Å². The molecule has 9 aromatic carbocycles. The molecule has 0 aliphatic carbocycles. The molecule has 1 aromatic heterocycles. The summed E-state index contributed by atoms with van der Waals surface area (Å²) >= 11 is 0. The molecule has 0 bridgehead atoms. The number of para-hydroxylation sites is 3. The summed E-state index contributed by atoms with van der Waals surface area (Å²) in [7, 11) is 0. The largest absolute Gasteiger partial charge is 0.292 e.